The lowest BCUT2D eigenvalue weighted by atomic mass is 10.1. The van der Waals surface area contributed by atoms with Crippen LogP contribution in [0.1, 0.15) is 11.3 Å². The van der Waals surface area contributed by atoms with Crippen molar-refractivity contribution in [2.75, 3.05) is 0 Å². The predicted octanol–water partition coefficient (Wildman–Crippen LogP) is 2.27. The van der Waals surface area contributed by atoms with Crippen molar-refractivity contribution in [2.24, 2.45) is 0 Å². The minimum atomic E-state index is 1.21. The first-order chi connectivity index (χ1) is 5.77. The minimum absolute atomic E-state index is 1.21. The molecule has 1 heterocycles. The molecule has 0 aliphatic rings. The van der Waals surface area contributed by atoms with Crippen LogP contribution in [0.2, 0.25) is 0 Å². The molecule has 0 amide bonds. The maximum atomic E-state index is 3.33. The Hall–Kier alpha value is -1.37. The number of benzene rings is 1. The van der Waals surface area contributed by atoms with E-state index in [9.17, 15) is 0 Å². The normalized spacial score (nSPS) is 10.5. The van der Waals surface area contributed by atoms with Crippen molar-refractivity contribution in [2.45, 2.75) is 13.8 Å². The van der Waals surface area contributed by atoms with Crippen molar-refractivity contribution in [3.8, 4) is 0 Å². The van der Waals surface area contributed by atoms with Gasteiger partial charge in [0, 0.05) is 24.4 Å². The molecule has 0 aliphatic carbocycles. The summed E-state index contributed by atoms with van der Waals surface area (Å²) in [5.74, 6) is 0. The molecule has 1 aromatic carbocycles. The van der Waals surface area contributed by atoms with Crippen molar-refractivity contribution >= 4 is 10.9 Å². The summed E-state index contributed by atoms with van der Waals surface area (Å²) in [4.78, 5) is 3.33. The Labute approximate surface area is 72.1 Å². The van der Waals surface area contributed by atoms with E-state index >= 15 is 0 Å². The molecule has 1 heteroatoms. The number of nitrogens with one attached hydrogen (secondary N) is 1. The molecule has 0 saturated carbocycles. The monoisotopic (exact) mass is 158 g/mol. The van der Waals surface area contributed by atoms with E-state index < -0.39 is 0 Å². The van der Waals surface area contributed by atoms with Crippen LogP contribution in [0, 0.1) is 13.8 Å². The third kappa shape index (κ3) is 1.07. The topological polar surface area (TPSA) is 14.1 Å². The lowest BCUT2D eigenvalue weighted by Crippen LogP contribution is -2.08. The van der Waals surface area contributed by atoms with Gasteiger partial charge in [0.05, 0.1) is 0 Å². The zero-order chi connectivity index (χ0) is 8.55. The summed E-state index contributed by atoms with van der Waals surface area (Å²) in [6, 6.07) is 10.5. The maximum absolute atomic E-state index is 3.33. The minimum Gasteiger partial charge on any atom is -0.209 e. The number of aryl methyl sites for hydroxylation is 2. The van der Waals surface area contributed by atoms with E-state index in [0.717, 1.165) is 0 Å². The van der Waals surface area contributed by atoms with Crippen molar-refractivity contribution in [3.05, 3.63) is 41.6 Å². The third-order valence-corrected chi connectivity index (χ3v) is 2.12. The summed E-state index contributed by atoms with van der Waals surface area (Å²) in [6.07, 6.45) is 0. The zero-order valence-electron chi connectivity index (χ0n) is 7.39. The van der Waals surface area contributed by atoms with E-state index in [-0.39, 0.29) is 0 Å². The number of H-pyrrole nitrogens is 1. The molecule has 1 aromatic heterocycles. The number of fused-ring (bicyclic) bond motifs is 1. The second-order valence-electron chi connectivity index (χ2n) is 3.18. The smallest absolute Gasteiger partial charge is 0.209 e. The highest BCUT2D eigenvalue weighted by Crippen LogP contribution is 2.13. The van der Waals surface area contributed by atoms with Crippen LogP contribution in [0.4, 0.5) is 0 Å². The summed E-state index contributed by atoms with van der Waals surface area (Å²) < 4.78 is 0. The van der Waals surface area contributed by atoms with E-state index in [4.69, 9.17) is 0 Å². The molecule has 0 fully saturated rings. The fourth-order valence-corrected chi connectivity index (χ4v) is 1.59. The average molecular weight is 158 g/mol. The Balaban J connectivity index is 2.89. The van der Waals surface area contributed by atoms with Gasteiger partial charge >= 0.3 is 0 Å². The molecule has 0 bridgehead atoms. The Morgan fingerprint density at radius 1 is 1.08 bits per heavy atom. The number of hydrogen-bond acceptors (Lipinski definition) is 0. The summed E-state index contributed by atoms with van der Waals surface area (Å²) in [7, 11) is 0. The standard InChI is InChI=1S/C11H11N/c1-8-7-9(2)12-11-6-4-3-5-10(8)11/h3-7H,1-2H3/p+1. The van der Waals surface area contributed by atoms with E-state index in [2.05, 4.69) is 49.2 Å². The van der Waals surface area contributed by atoms with Crippen molar-refractivity contribution < 1.29 is 4.98 Å². The van der Waals surface area contributed by atoms with Crippen molar-refractivity contribution in [1.82, 2.24) is 0 Å². The van der Waals surface area contributed by atoms with Gasteiger partial charge < -0.3 is 0 Å². The molecule has 2 rings (SSSR count). The van der Waals surface area contributed by atoms with Gasteiger partial charge in [0.2, 0.25) is 5.52 Å². The molecule has 1 nitrogen and oxygen atoms in total. The summed E-state index contributed by atoms with van der Waals surface area (Å²) >= 11 is 0. The fourth-order valence-electron chi connectivity index (χ4n) is 1.59. The van der Waals surface area contributed by atoms with Crippen LogP contribution in [0.3, 0.4) is 0 Å². The number of aromatic amines is 1. The third-order valence-electron chi connectivity index (χ3n) is 2.12. The van der Waals surface area contributed by atoms with E-state index in [1.54, 1.807) is 0 Å². The van der Waals surface area contributed by atoms with Gasteiger partial charge in [-0.2, -0.15) is 0 Å². The fraction of sp³-hybridized carbons (Fsp3) is 0.182. The van der Waals surface area contributed by atoms with Crippen LogP contribution in [0.25, 0.3) is 10.9 Å². The molecule has 0 aliphatic heterocycles. The predicted molar refractivity (Wildman–Crippen MR) is 50.0 cm³/mol. The molecule has 2 aromatic rings. The van der Waals surface area contributed by atoms with Crippen LogP contribution < -0.4 is 4.98 Å². The van der Waals surface area contributed by atoms with Gasteiger partial charge in [-0.05, 0) is 18.6 Å². The number of pyridine rings is 1. The quantitative estimate of drug-likeness (QED) is 0.558. The van der Waals surface area contributed by atoms with Gasteiger partial charge in [-0.1, -0.05) is 12.1 Å². The molecule has 0 unspecified atom stereocenters. The SMILES string of the molecule is Cc1cc(C)c2ccccc2[nH+]1. The largest absolute Gasteiger partial charge is 0.211 e. The lowest BCUT2D eigenvalue weighted by molar-refractivity contribution is -0.354. The molecule has 12 heavy (non-hydrogen) atoms. The number of rotatable bonds is 0. The lowest BCUT2D eigenvalue weighted by Gasteiger charge is -1.96. The highest BCUT2D eigenvalue weighted by Gasteiger charge is 2.03. The van der Waals surface area contributed by atoms with Gasteiger partial charge in [0.1, 0.15) is 0 Å². The second-order valence-corrected chi connectivity index (χ2v) is 3.18. The summed E-state index contributed by atoms with van der Waals surface area (Å²) in [6.45, 7) is 4.22. The van der Waals surface area contributed by atoms with Gasteiger partial charge in [0.25, 0.3) is 0 Å². The van der Waals surface area contributed by atoms with Gasteiger partial charge in [-0.15, -0.1) is 0 Å². The molecule has 1 N–H and O–H groups in total. The number of aromatic nitrogens is 1. The van der Waals surface area contributed by atoms with Crippen LogP contribution in [-0.4, -0.2) is 0 Å². The molecular formula is C11H12N+. The Bertz CT molecular complexity index is 418. The maximum Gasteiger partial charge on any atom is 0.211 e. The Kier molecular flexibility index (Phi) is 1.58. The summed E-state index contributed by atoms with van der Waals surface area (Å²) in [5, 5.41) is 1.31. The van der Waals surface area contributed by atoms with Crippen LogP contribution in [0.15, 0.2) is 30.3 Å². The Morgan fingerprint density at radius 2 is 1.83 bits per heavy atom. The Morgan fingerprint density at radius 3 is 2.67 bits per heavy atom. The number of para-hydroxylation sites is 1. The van der Waals surface area contributed by atoms with Crippen molar-refractivity contribution in [3.63, 3.8) is 0 Å². The van der Waals surface area contributed by atoms with E-state index in [1.807, 2.05) is 0 Å². The number of hydrogen-bond donors (Lipinski definition) is 0. The first kappa shape index (κ1) is 7.29. The van der Waals surface area contributed by atoms with E-state index in [0.29, 0.717) is 0 Å². The highest BCUT2D eigenvalue weighted by molar-refractivity contribution is 5.78. The van der Waals surface area contributed by atoms with Crippen LogP contribution in [0.5, 0.6) is 0 Å². The molecule has 0 radical (unpaired) electrons. The first-order valence-electron chi connectivity index (χ1n) is 4.15. The van der Waals surface area contributed by atoms with Crippen molar-refractivity contribution in [1.29, 1.82) is 0 Å². The summed E-state index contributed by atoms with van der Waals surface area (Å²) in [5.41, 5.74) is 3.77. The van der Waals surface area contributed by atoms with Crippen LogP contribution in [-0.2, 0) is 0 Å². The van der Waals surface area contributed by atoms with E-state index in [1.165, 1.54) is 22.2 Å². The van der Waals surface area contributed by atoms with Crippen LogP contribution >= 0.6 is 0 Å². The van der Waals surface area contributed by atoms with Gasteiger partial charge in [0.15, 0.2) is 5.69 Å². The molecule has 60 valence electrons. The molecule has 0 spiro atoms. The molecule has 0 atom stereocenters. The van der Waals surface area contributed by atoms with Gasteiger partial charge in [-0.3, -0.25) is 0 Å². The van der Waals surface area contributed by atoms with Gasteiger partial charge in [-0.25, -0.2) is 4.98 Å². The molecule has 0 saturated heterocycles. The zero-order valence-corrected chi connectivity index (χ0v) is 7.39. The highest BCUT2D eigenvalue weighted by atomic mass is 14.7. The molecular weight excluding hydrogens is 146 g/mol. The average Bonchev–Trinajstić information content (AvgIpc) is 2.04. The first-order valence-corrected chi connectivity index (χ1v) is 4.15. The second kappa shape index (κ2) is 2.59.